The Morgan fingerprint density at radius 2 is 2.14 bits per heavy atom. The largest absolute Gasteiger partial charge is 0.481 e. The summed E-state index contributed by atoms with van der Waals surface area (Å²) in [5, 5.41) is 14.4. The summed E-state index contributed by atoms with van der Waals surface area (Å²) in [7, 11) is 0. The van der Waals surface area contributed by atoms with Crippen molar-refractivity contribution in [2.75, 3.05) is 13.2 Å². The van der Waals surface area contributed by atoms with Crippen LogP contribution in [0.1, 0.15) is 26.7 Å². The minimum absolute atomic E-state index is 0.00211. The number of rotatable bonds is 8. The van der Waals surface area contributed by atoms with E-state index in [0.717, 1.165) is 19.4 Å². The Labute approximate surface area is 124 Å². The Balaban J connectivity index is 2.01. The highest BCUT2D eigenvalue weighted by Gasteiger charge is 2.44. The standard InChI is InChI=1S/C15H22N2O4/c1-3-9-16-11-10-14(15(11)20-4-2)21-13-8-6-5-7-12(13)17(18)19/h5-8,11,14-16H,3-4,9-10H2,1-2H3. The fourth-order valence-electron chi connectivity index (χ4n) is 2.51. The quantitative estimate of drug-likeness (QED) is 0.589. The second-order valence-electron chi connectivity index (χ2n) is 5.10. The number of hydrogen-bond acceptors (Lipinski definition) is 5. The maximum atomic E-state index is 11.0. The number of nitro benzene ring substituents is 1. The molecule has 1 aliphatic rings. The third-order valence-electron chi connectivity index (χ3n) is 3.61. The van der Waals surface area contributed by atoms with Crippen molar-refractivity contribution in [3.8, 4) is 5.75 Å². The maximum Gasteiger partial charge on any atom is 0.310 e. The van der Waals surface area contributed by atoms with Crippen LogP contribution in [0.5, 0.6) is 5.75 Å². The van der Waals surface area contributed by atoms with Crippen LogP contribution in [0.15, 0.2) is 24.3 Å². The fraction of sp³-hybridized carbons (Fsp3) is 0.600. The molecule has 3 unspecified atom stereocenters. The van der Waals surface area contributed by atoms with Gasteiger partial charge >= 0.3 is 5.69 Å². The van der Waals surface area contributed by atoms with Crippen molar-refractivity contribution in [1.82, 2.24) is 5.32 Å². The third-order valence-corrected chi connectivity index (χ3v) is 3.61. The lowest BCUT2D eigenvalue weighted by Crippen LogP contribution is -2.61. The second-order valence-corrected chi connectivity index (χ2v) is 5.10. The van der Waals surface area contributed by atoms with E-state index in [9.17, 15) is 10.1 Å². The van der Waals surface area contributed by atoms with Gasteiger partial charge in [-0.05, 0) is 26.0 Å². The molecule has 0 spiro atoms. The number of para-hydroxylation sites is 2. The molecule has 0 bridgehead atoms. The summed E-state index contributed by atoms with van der Waals surface area (Å²) in [5.74, 6) is 0.311. The Morgan fingerprint density at radius 3 is 2.81 bits per heavy atom. The van der Waals surface area contributed by atoms with Gasteiger partial charge in [0, 0.05) is 25.1 Å². The van der Waals surface area contributed by atoms with Crippen molar-refractivity contribution >= 4 is 5.69 Å². The number of nitrogens with zero attached hydrogens (tertiary/aromatic N) is 1. The molecule has 1 fully saturated rings. The minimum Gasteiger partial charge on any atom is -0.481 e. The van der Waals surface area contributed by atoms with E-state index < -0.39 is 4.92 Å². The van der Waals surface area contributed by atoms with Crippen LogP contribution >= 0.6 is 0 Å². The summed E-state index contributed by atoms with van der Waals surface area (Å²) in [6.07, 6.45) is 1.67. The number of nitro groups is 1. The normalized spacial score (nSPS) is 24.4. The van der Waals surface area contributed by atoms with Crippen molar-refractivity contribution in [2.45, 2.75) is 44.9 Å². The molecule has 0 aliphatic heterocycles. The first kappa shape index (κ1) is 15.7. The molecule has 0 saturated heterocycles. The van der Waals surface area contributed by atoms with Crippen LogP contribution in [-0.2, 0) is 4.74 Å². The summed E-state index contributed by atoms with van der Waals surface area (Å²) < 4.78 is 11.5. The zero-order valence-corrected chi connectivity index (χ0v) is 12.5. The van der Waals surface area contributed by atoms with Crippen LogP contribution in [-0.4, -0.2) is 36.3 Å². The predicted molar refractivity (Wildman–Crippen MR) is 79.6 cm³/mol. The average Bonchev–Trinajstić information content (AvgIpc) is 2.48. The molecule has 2 rings (SSSR count). The second kappa shape index (κ2) is 7.38. The predicted octanol–water partition coefficient (Wildman–Crippen LogP) is 2.52. The van der Waals surface area contributed by atoms with Crippen molar-refractivity contribution in [3.05, 3.63) is 34.4 Å². The fourth-order valence-corrected chi connectivity index (χ4v) is 2.51. The van der Waals surface area contributed by atoms with Gasteiger partial charge in [-0.1, -0.05) is 19.1 Å². The zero-order valence-electron chi connectivity index (χ0n) is 12.5. The molecule has 0 heterocycles. The molecule has 116 valence electrons. The van der Waals surface area contributed by atoms with Crippen LogP contribution in [0.3, 0.4) is 0 Å². The Morgan fingerprint density at radius 1 is 1.38 bits per heavy atom. The number of nitrogens with one attached hydrogen (secondary N) is 1. The van der Waals surface area contributed by atoms with E-state index in [-0.39, 0.29) is 23.9 Å². The highest BCUT2D eigenvalue weighted by Crippen LogP contribution is 2.33. The zero-order chi connectivity index (χ0) is 15.2. The van der Waals surface area contributed by atoms with E-state index >= 15 is 0 Å². The van der Waals surface area contributed by atoms with Gasteiger partial charge in [0.05, 0.1) is 4.92 Å². The molecule has 6 heteroatoms. The van der Waals surface area contributed by atoms with Gasteiger partial charge in [-0.3, -0.25) is 10.1 Å². The van der Waals surface area contributed by atoms with E-state index in [2.05, 4.69) is 12.2 Å². The molecule has 0 radical (unpaired) electrons. The van der Waals surface area contributed by atoms with E-state index in [1.54, 1.807) is 18.2 Å². The van der Waals surface area contributed by atoms with Gasteiger partial charge in [-0.25, -0.2) is 0 Å². The summed E-state index contributed by atoms with van der Waals surface area (Å²) >= 11 is 0. The molecule has 0 aromatic heterocycles. The van der Waals surface area contributed by atoms with Crippen LogP contribution in [0.25, 0.3) is 0 Å². The first-order chi connectivity index (χ1) is 10.2. The van der Waals surface area contributed by atoms with Crippen molar-refractivity contribution in [3.63, 3.8) is 0 Å². The first-order valence-electron chi connectivity index (χ1n) is 7.42. The lowest BCUT2D eigenvalue weighted by molar-refractivity contribution is -0.386. The lowest BCUT2D eigenvalue weighted by Gasteiger charge is -2.44. The van der Waals surface area contributed by atoms with Crippen molar-refractivity contribution < 1.29 is 14.4 Å². The molecule has 0 amide bonds. The summed E-state index contributed by atoms with van der Waals surface area (Å²) in [6.45, 7) is 5.60. The first-order valence-corrected chi connectivity index (χ1v) is 7.42. The third kappa shape index (κ3) is 3.71. The average molecular weight is 294 g/mol. The molecular weight excluding hydrogens is 272 g/mol. The van der Waals surface area contributed by atoms with Gasteiger partial charge in [0.1, 0.15) is 12.2 Å². The molecule has 1 aromatic carbocycles. The smallest absolute Gasteiger partial charge is 0.310 e. The monoisotopic (exact) mass is 294 g/mol. The van der Waals surface area contributed by atoms with E-state index in [1.165, 1.54) is 6.07 Å². The van der Waals surface area contributed by atoms with Crippen molar-refractivity contribution in [2.24, 2.45) is 0 Å². The minimum atomic E-state index is -0.420. The Hall–Kier alpha value is -1.66. The van der Waals surface area contributed by atoms with Crippen LogP contribution < -0.4 is 10.1 Å². The Bertz CT molecular complexity index is 480. The van der Waals surface area contributed by atoms with Crippen molar-refractivity contribution in [1.29, 1.82) is 0 Å². The Kier molecular flexibility index (Phi) is 5.52. The highest BCUT2D eigenvalue weighted by molar-refractivity contribution is 5.46. The van der Waals surface area contributed by atoms with Gasteiger partial charge in [-0.15, -0.1) is 0 Å². The van der Waals surface area contributed by atoms with E-state index in [1.807, 2.05) is 6.92 Å². The molecule has 1 aliphatic carbocycles. The lowest BCUT2D eigenvalue weighted by atomic mass is 9.85. The van der Waals surface area contributed by atoms with Gasteiger partial charge < -0.3 is 14.8 Å². The molecule has 1 aromatic rings. The molecule has 21 heavy (non-hydrogen) atoms. The molecular formula is C15H22N2O4. The molecule has 3 atom stereocenters. The summed E-state index contributed by atoms with van der Waals surface area (Å²) in [4.78, 5) is 10.6. The van der Waals surface area contributed by atoms with Gasteiger partial charge in [-0.2, -0.15) is 0 Å². The SMILES string of the molecule is CCCNC1CC(Oc2ccccc2[N+](=O)[O-])C1OCC. The number of benzene rings is 1. The van der Waals surface area contributed by atoms with Crippen LogP contribution in [0.2, 0.25) is 0 Å². The van der Waals surface area contributed by atoms with E-state index in [0.29, 0.717) is 12.4 Å². The summed E-state index contributed by atoms with van der Waals surface area (Å²) in [5.41, 5.74) is -0.00211. The van der Waals surface area contributed by atoms with Gasteiger partial charge in [0.15, 0.2) is 5.75 Å². The van der Waals surface area contributed by atoms with Crippen LogP contribution in [0, 0.1) is 10.1 Å². The number of ether oxygens (including phenoxy) is 2. The van der Waals surface area contributed by atoms with Gasteiger partial charge in [0.2, 0.25) is 0 Å². The highest BCUT2D eigenvalue weighted by atomic mass is 16.6. The summed E-state index contributed by atoms with van der Waals surface area (Å²) in [6, 6.07) is 6.73. The van der Waals surface area contributed by atoms with Crippen LogP contribution in [0.4, 0.5) is 5.69 Å². The molecule has 6 nitrogen and oxygen atoms in total. The number of hydrogen-bond donors (Lipinski definition) is 1. The topological polar surface area (TPSA) is 73.6 Å². The van der Waals surface area contributed by atoms with E-state index in [4.69, 9.17) is 9.47 Å². The van der Waals surface area contributed by atoms with Gasteiger partial charge in [0.25, 0.3) is 0 Å². The molecule has 1 N–H and O–H groups in total. The maximum absolute atomic E-state index is 11.0. The molecule has 1 saturated carbocycles.